The Morgan fingerprint density at radius 2 is 2.23 bits per heavy atom. The highest BCUT2D eigenvalue weighted by Gasteiger charge is 2.54. The van der Waals surface area contributed by atoms with Crippen LogP contribution in [0, 0.1) is 6.92 Å². The van der Waals surface area contributed by atoms with Gasteiger partial charge in [0.15, 0.2) is 5.17 Å². The van der Waals surface area contributed by atoms with Crippen molar-refractivity contribution in [3.63, 3.8) is 0 Å². The zero-order valence-electron chi connectivity index (χ0n) is 14.7. The second-order valence-electron chi connectivity index (χ2n) is 6.88. The van der Waals surface area contributed by atoms with Crippen LogP contribution in [0.1, 0.15) is 25.3 Å². The Morgan fingerprint density at radius 3 is 3.04 bits per heavy atom. The second kappa shape index (κ2) is 6.77. The van der Waals surface area contributed by atoms with Gasteiger partial charge in [-0.15, -0.1) is 11.8 Å². The molecule has 1 aromatic carbocycles. The molecule has 5 nitrogen and oxygen atoms in total. The molecule has 8 heteroatoms. The summed E-state index contributed by atoms with van der Waals surface area (Å²) in [5.41, 5.74) is 1.68. The summed E-state index contributed by atoms with van der Waals surface area (Å²) in [4.78, 5) is 33.6. The number of aliphatic imine (C=N–C) groups is 1. The van der Waals surface area contributed by atoms with Crippen molar-refractivity contribution in [3.8, 4) is 0 Å². The van der Waals surface area contributed by atoms with Crippen LogP contribution in [0.25, 0.3) is 0 Å². The number of fused-ring (bicyclic) bond motifs is 1. The number of amidine groups is 1. The van der Waals surface area contributed by atoms with Gasteiger partial charge in [0, 0.05) is 29.5 Å². The van der Waals surface area contributed by atoms with Crippen LogP contribution in [0.3, 0.4) is 0 Å². The number of nitrogens with zero attached hydrogens (tertiary/aromatic N) is 3. The van der Waals surface area contributed by atoms with Crippen molar-refractivity contribution >= 4 is 57.8 Å². The van der Waals surface area contributed by atoms with Crippen molar-refractivity contribution in [2.24, 2.45) is 4.99 Å². The third kappa shape index (κ3) is 2.94. The zero-order valence-corrected chi connectivity index (χ0v) is 17.1. The summed E-state index contributed by atoms with van der Waals surface area (Å²) < 4.78 is 0. The number of amides is 2. The number of benzene rings is 1. The minimum atomic E-state index is -0.385. The number of thioether (sulfide) groups is 2. The first-order valence-electron chi connectivity index (χ1n) is 8.65. The molecule has 0 aromatic heterocycles. The smallest absolute Gasteiger partial charge is 0.252 e. The van der Waals surface area contributed by atoms with Gasteiger partial charge >= 0.3 is 0 Å². The fraction of sp³-hybridized carbons (Fsp3) is 0.500. The third-order valence-electron chi connectivity index (χ3n) is 5.23. The van der Waals surface area contributed by atoms with E-state index in [2.05, 4.69) is 6.92 Å². The lowest BCUT2D eigenvalue weighted by Gasteiger charge is -2.31. The van der Waals surface area contributed by atoms with E-state index in [4.69, 9.17) is 16.6 Å². The van der Waals surface area contributed by atoms with Gasteiger partial charge in [0.1, 0.15) is 6.04 Å². The first kappa shape index (κ1) is 18.2. The first-order chi connectivity index (χ1) is 12.4. The summed E-state index contributed by atoms with van der Waals surface area (Å²) in [6, 6.07) is 5.22. The number of carbonyl (C=O) groups is 2. The molecule has 138 valence electrons. The molecule has 4 rings (SSSR count). The largest absolute Gasteiger partial charge is 0.315 e. The third-order valence-corrected chi connectivity index (χ3v) is 8.10. The average Bonchev–Trinajstić information content (AvgIpc) is 3.28. The maximum atomic E-state index is 13.2. The molecule has 2 atom stereocenters. The predicted octanol–water partition coefficient (Wildman–Crippen LogP) is 3.67. The highest BCUT2D eigenvalue weighted by atomic mass is 35.5. The summed E-state index contributed by atoms with van der Waals surface area (Å²) in [6.45, 7) is 4.62. The van der Waals surface area contributed by atoms with Crippen LogP contribution < -0.4 is 0 Å². The van der Waals surface area contributed by atoms with Gasteiger partial charge in [-0.3, -0.25) is 14.5 Å². The van der Waals surface area contributed by atoms with Crippen molar-refractivity contribution in [1.29, 1.82) is 0 Å². The highest BCUT2D eigenvalue weighted by molar-refractivity contribution is 8.14. The van der Waals surface area contributed by atoms with E-state index in [1.807, 2.05) is 30.0 Å². The van der Waals surface area contributed by atoms with Crippen molar-refractivity contribution in [2.75, 3.05) is 18.1 Å². The zero-order chi connectivity index (χ0) is 18.5. The van der Waals surface area contributed by atoms with Gasteiger partial charge in [0.05, 0.1) is 10.6 Å². The van der Waals surface area contributed by atoms with E-state index in [-0.39, 0.29) is 22.7 Å². The Morgan fingerprint density at radius 1 is 1.42 bits per heavy atom. The van der Waals surface area contributed by atoms with Crippen molar-refractivity contribution in [2.45, 2.75) is 37.6 Å². The number of hydrogen-bond donors (Lipinski definition) is 0. The van der Waals surface area contributed by atoms with Gasteiger partial charge in [0.25, 0.3) is 5.91 Å². The van der Waals surface area contributed by atoms with E-state index in [1.165, 1.54) is 0 Å². The molecule has 0 aliphatic carbocycles. The standard InChI is InChI=1S/C18H20ClN3O2S2/c1-11-12(19)4-3-5-13(11)20-17-21(8-9-25-17)16(24)14-10-26-18(2)7-6-15(23)22(14)18/h3-5,14H,6-10H2,1-2H3/t14-,18+/m0/s1. The minimum absolute atomic E-state index is 0.0140. The van der Waals surface area contributed by atoms with Gasteiger partial charge < -0.3 is 4.90 Å². The summed E-state index contributed by atoms with van der Waals surface area (Å²) >= 11 is 9.48. The molecular weight excluding hydrogens is 390 g/mol. The van der Waals surface area contributed by atoms with E-state index >= 15 is 0 Å². The number of hydrogen-bond acceptors (Lipinski definition) is 5. The Labute approximate surface area is 166 Å². The molecule has 2 amide bonds. The van der Waals surface area contributed by atoms with Crippen LogP contribution in [0.2, 0.25) is 5.02 Å². The van der Waals surface area contributed by atoms with Crippen LogP contribution in [0.4, 0.5) is 5.69 Å². The Hall–Kier alpha value is -1.18. The van der Waals surface area contributed by atoms with Crippen LogP contribution >= 0.6 is 35.1 Å². The fourth-order valence-corrected chi connectivity index (χ4v) is 6.25. The molecule has 3 saturated heterocycles. The maximum absolute atomic E-state index is 13.2. The van der Waals surface area contributed by atoms with Crippen molar-refractivity contribution in [3.05, 3.63) is 28.8 Å². The molecule has 3 fully saturated rings. The molecule has 0 bridgehead atoms. The molecular formula is C18H20ClN3O2S2. The van der Waals surface area contributed by atoms with E-state index in [0.29, 0.717) is 28.9 Å². The topological polar surface area (TPSA) is 53.0 Å². The Bertz CT molecular complexity index is 816. The molecule has 3 heterocycles. The number of rotatable bonds is 2. The predicted molar refractivity (Wildman–Crippen MR) is 108 cm³/mol. The van der Waals surface area contributed by atoms with Gasteiger partial charge in [0.2, 0.25) is 5.91 Å². The summed E-state index contributed by atoms with van der Waals surface area (Å²) in [6.07, 6.45) is 1.35. The fourth-order valence-electron chi connectivity index (χ4n) is 3.70. The normalized spacial score (nSPS) is 29.7. The molecule has 3 aliphatic rings. The number of halogens is 1. The summed E-state index contributed by atoms with van der Waals surface area (Å²) in [7, 11) is 0. The average molecular weight is 410 g/mol. The Kier molecular flexibility index (Phi) is 4.73. The molecule has 3 aliphatic heterocycles. The monoisotopic (exact) mass is 409 g/mol. The first-order valence-corrected chi connectivity index (χ1v) is 11.0. The quantitative estimate of drug-likeness (QED) is 0.747. The van der Waals surface area contributed by atoms with Gasteiger partial charge in [-0.05, 0) is 38.0 Å². The molecule has 0 saturated carbocycles. The lowest BCUT2D eigenvalue weighted by atomic mass is 10.2. The van der Waals surface area contributed by atoms with Gasteiger partial charge in [-0.25, -0.2) is 4.99 Å². The highest BCUT2D eigenvalue weighted by Crippen LogP contribution is 2.47. The van der Waals surface area contributed by atoms with Crippen molar-refractivity contribution in [1.82, 2.24) is 9.80 Å². The van der Waals surface area contributed by atoms with E-state index in [1.54, 1.807) is 28.4 Å². The number of carbonyl (C=O) groups excluding carboxylic acids is 2. The molecule has 0 unspecified atom stereocenters. The van der Waals surface area contributed by atoms with Gasteiger partial charge in [-0.1, -0.05) is 29.4 Å². The summed E-state index contributed by atoms with van der Waals surface area (Å²) in [5, 5.41) is 1.36. The molecule has 0 N–H and O–H groups in total. The van der Waals surface area contributed by atoms with Gasteiger partial charge in [-0.2, -0.15) is 0 Å². The second-order valence-corrected chi connectivity index (χ2v) is 9.85. The molecule has 1 aromatic rings. The SMILES string of the molecule is Cc1c(Cl)cccc1N=C1SCCN1C(=O)[C@@H]1CS[C@]2(C)CCC(=O)N12. The van der Waals surface area contributed by atoms with E-state index in [9.17, 15) is 9.59 Å². The van der Waals surface area contributed by atoms with E-state index in [0.717, 1.165) is 23.4 Å². The molecule has 26 heavy (non-hydrogen) atoms. The Balaban J connectivity index is 1.61. The lowest BCUT2D eigenvalue weighted by Crippen LogP contribution is -2.51. The maximum Gasteiger partial charge on any atom is 0.252 e. The lowest BCUT2D eigenvalue weighted by molar-refractivity contribution is -0.141. The van der Waals surface area contributed by atoms with Crippen LogP contribution in [-0.2, 0) is 9.59 Å². The molecule has 0 radical (unpaired) electrons. The van der Waals surface area contributed by atoms with Crippen molar-refractivity contribution < 1.29 is 9.59 Å². The van der Waals surface area contributed by atoms with Crippen LogP contribution in [-0.4, -0.2) is 55.7 Å². The van der Waals surface area contributed by atoms with E-state index < -0.39 is 0 Å². The van der Waals surface area contributed by atoms with Crippen LogP contribution in [0.15, 0.2) is 23.2 Å². The summed E-state index contributed by atoms with van der Waals surface area (Å²) in [5.74, 6) is 1.55. The minimum Gasteiger partial charge on any atom is -0.315 e. The molecule has 0 spiro atoms. The van der Waals surface area contributed by atoms with Crippen LogP contribution in [0.5, 0.6) is 0 Å².